The first-order chi connectivity index (χ1) is 10.7. The van der Waals surface area contributed by atoms with Crippen molar-refractivity contribution in [3.63, 3.8) is 0 Å². The van der Waals surface area contributed by atoms with Crippen LogP contribution in [0.3, 0.4) is 0 Å². The molecule has 1 saturated heterocycles. The topological polar surface area (TPSA) is 60.2 Å². The lowest BCUT2D eigenvalue weighted by Gasteiger charge is -2.37. The van der Waals surface area contributed by atoms with E-state index in [1.165, 1.54) is 5.56 Å². The molecule has 116 valence electrons. The van der Waals surface area contributed by atoms with Gasteiger partial charge in [-0.1, -0.05) is 12.8 Å². The minimum absolute atomic E-state index is 0.0658. The Morgan fingerprint density at radius 3 is 2.41 bits per heavy atom. The van der Waals surface area contributed by atoms with Gasteiger partial charge in [0.2, 0.25) is 5.91 Å². The summed E-state index contributed by atoms with van der Waals surface area (Å²) in [6, 6.07) is 6.37. The van der Waals surface area contributed by atoms with Crippen LogP contribution in [0.15, 0.2) is 24.5 Å². The molecule has 1 aromatic rings. The van der Waals surface area contributed by atoms with Crippen molar-refractivity contribution in [1.82, 2.24) is 14.8 Å². The zero-order valence-electron chi connectivity index (χ0n) is 12.9. The highest BCUT2D eigenvalue weighted by Crippen LogP contribution is 2.39. The SMILES string of the molecule is N#CC1(C(=O)N2CCN(Cc3ccncc3)CC2)CCCC1. The summed E-state index contributed by atoms with van der Waals surface area (Å²) < 4.78 is 0. The van der Waals surface area contributed by atoms with Crippen molar-refractivity contribution < 1.29 is 4.79 Å². The molecule has 0 radical (unpaired) electrons. The first-order valence-corrected chi connectivity index (χ1v) is 8.05. The third-order valence-corrected chi connectivity index (χ3v) is 4.90. The van der Waals surface area contributed by atoms with Crippen LogP contribution in [0.4, 0.5) is 0 Å². The van der Waals surface area contributed by atoms with E-state index in [2.05, 4.69) is 16.0 Å². The van der Waals surface area contributed by atoms with E-state index >= 15 is 0 Å². The van der Waals surface area contributed by atoms with Gasteiger partial charge in [-0.25, -0.2) is 0 Å². The molecule has 0 unspecified atom stereocenters. The van der Waals surface area contributed by atoms with E-state index in [9.17, 15) is 10.1 Å². The highest BCUT2D eigenvalue weighted by Gasteiger charge is 2.44. The molecule has 3 rings (SSSR count). The molecule has 1 saturated carbocycles. The van der Waals surface area contributed by atoms with Gasteiger partial charge in [0.25, 0.3) is 0 Å². The highest BCUT2D eigenvalue weighted by molar-refractivity contribution is 5.86. The first-order valence-electron chi connectivity index (χ1n) is 8.05. The lowest BCUT2D eigenvalue weighted by Crippen LogP contribution is -2.52. The van der Waals surface area contributed by atoms with E-state index in [0.717, 1.165) is 58.4 Å². The molecule has 0 bridgehead atoms. The van der Waals surface area contributed by atoms with Crippen molar-refractivity contribution in [1.29, 1.82) is 5.26 Å². The second-order valence-corrected chi connectivity index (χ2v) is 6.32. The lowest BCUT2D eigenvalue weighted by atomic mass is 9.86. The molecule has 2 aliphatic rings. The number of pyridine rings is 1. The third kappa shape index (κ3) is 2.97. The Morgan fingerprint density at radius 1 is 1.18 bits per heavy atom. The summed E-state index contributed by atoms with van der Waals surface area (Å²) in [5.41, 5.74) is 0.520. The Labute approximate surface area is 131 Å². The minimum atomic E-state index is -0.729. The number of aromatic nitrogens is 1. The van der Waals surface area contributed by atoms with Crippen LogP contribution in [0.25, 0.3) is 0 Å². The summed E-state index contributed by atoms with van der Waals surface area (Å²) in [5.74, 6) is 0.0658. The summed E-state index contributed by atoms with van der Waals surface area (Å²) in [4.78, 5) is 21.0. The Bertz CT molecular complexity index is 552. The number of hydrogen-bond acceptors (Lipinski definition) is 4. The van der Waals surface area contributed by atoms with Crippen molar-refractivity contribution in [3.05, 3.63) is 30.1 Å². The zero-order valence-corrected chi connectivity index (χ0v) is 12.9. The third-order valence-electron chi connectivity index (χ3n) is 4.90. The maximum Gasteiger partial charge on any atom is 0.243 e. The molecule has 2 heterocycles. The zero-order chi connectivity index (χ0) is 15.4. The minimum Gasteiger partial charge on any atom is -0.339 e. The number of carbonyl (C=O) groups is 1. The Hall–Kier alpha value is -1.93. The first kappa shape index (κ1) is 15.0. The normalized spacial score (nSPS) is 21.5. The van der Waals surface area contributed by atoms with E-state index < -0.39 is 5.41 Å². The predicted octanol–water partition coefficient (Wildman–Crippen LogP) is 1.81. The van der Waals surface area contributed by atoms with Crippen LogP contribution in [0, 0.1) is 16.7 Å². The highest BCUT2D eigenvalue weighted by atomic mass is 16.2. The molecule has 0 spiro atoms. The second kappa shape index (κ2) is 6.45. The van der Waals surface area contributed by atoms with Gasteiger partial charge in [-0.05, 0) is 30.5 Å². The quantitative estimate of drug-likeness (QED) is 0.854. The average molecular weight is 298 g/mol. The van der Waals surface area contributed by atoms with Gasteiger partial charge in [-0.3, -0.25) is 14.7 Å². The average Bonchev–Trinajstić information content (AvgIpc) is 3.06. The number of piperazine rings is 1. The van der Waals surface area contributed by atoms with E-state index in [-0.39, 0.29) is 5.91 Å². The Morgan fingerprint density at radius 2 is 1.82 bits per heavy atom. The van der Waals surface area contributed by atoms with Crippen molar-refractivity contribution in [2.75, 3.05) is 26.2 Å². The van der Waals surface area contributed by atoms with Gasteiger partial charge in [-0.15, -0.1) is 0 Å². The molecule has 2 fully saturated rings. The van der Waals surface area contributed by atoms with Crippen molar-refractivity contribution in [2.24, 2.45) is 5.41 Å². The van der Waals surface area contributed by atoms with Crippen LogP contribution < -0.4 is 0 Å². The van der Waals surface area contributed by atoms with Crippen LogP contribution in [0.1, 0.15) is 31.2 Å². The van der Waals surface area contributed by atoms with Gasteiger partial charge in [-0.2, -0.15) is 5.26 Å². The molecule has 1 aliphatic heterocycles. The van der Waals surface area contributed by atoms with E-state index in [4.69, 9.17) is 0 Å². The molecule has 1 aliphatic carbocycles. The van der Waals surface area contributed by atoms with Crippen molar-refractivity contribution in [3.8, 4) is 6.07 Å². The summed E-state index contributed by atoms with van der Waals surface area (Å²) in [7, 11) is 0. The van der Waals surface area contributed by atoms with Gasteiger partial charge < -0.3 is 4.90 Å². The van der Waals surface area contributed by atoms with Gasteiger partial charge >= 0.3 is 0 Å². The van der Waals surface area contributed by atoms with Crippen LogP contribution in [0.2, 0.25) is 0 Å². The monoisotopic (exact) mass is 298 g/mol. The number of nitriles is 1. The molecule has 5 heteroatoms. The molecular weight excluding hydrogens is 276 g/mol. The molecule has 5 nitrogen and oxygen atoms in total. The number of carbonyl (C=O) groups excluding carboxylic acids is 1. The molecule has 1 aromatic heterocycles. The van der Waals surface area contributed by atoms with Crippen LogP contribution >= 0.6 is 0 Å². The van der Waals surface area contributed by atoms with E-state index in [1.807, 2.05) is 29.4 Å². The van der Waals surface area contributed by atoms with Crippen molar-refractivity contribution in [2.45, 2.75) is 32.2 Å². The van der Waals surface area contributed by atoms with Crippen molar-refractivity contribution >= 4 is 5.91 Å². The fourth-order valence-corrected chi connectivity index (χ4v) is 3.51. The smallest absolute Gasteiger partial charge is 0.243 e. The molecule has 0 N–H and O–H groups in total. The Balaban J connectivity index is 1.55. The molecule has 22 heavy (non-hydrogen) atoms. The molecule has 0 atom stereocenters. The number of nitrogens with zero attached hydrogens (tertiary/aromatic N) is 4. The number of amides is 1. The van der Waals surface area contributed by atoms with Gasteiger partial charge in [0, 0.05) is 45.1 Å². The molecule has 1 amide bonds. The van der Waals surface area contributed by atoms with Crippen LogP contribution in [-0.2, 0) is 11.3 Å². The standard InChI is InChI=1S/C17H22N4O/c18-14-17(5-1-2-6-17)16(22)21-11-9-20(10-12-21)13-15-3-7-19-8-4-15/h3-4,7-8H,1-2,5-6,9-13H2. The van der Waals surface area contributed by atoms with E-state index in [0.29, 0.717) is 0 Å². The predicted molar refractivity (Wildman–Crippen MR) is 82.6 cm³/mol. The van der Waals surface area contributed by atoms with Gasteiger partial charge in [0.15, 0.2) is 0 Å². The second-order valence-electron chi connectivity index (χ2n) is 6.32. The molecular formula is C17H22N4O. The van der Waals surface area contributed by atoms with Crippen LogP contribution in [-0.4, -0.2) is 46.9 Å². The largest absolute Gasteiger partial charge is 0.339 e. The summed E-state index contributed by atoms with van der Waals surface area (Å²) in [5, 5.41) is 9.45. The summed E-state index contributed by atoms with van der Waals surface area (Å²) in [6.45, 7) is 4.10. The maximum absolute atomic E-state index is 12.7. The van der Waals surface area contributed by atoms with Gasteiger partial charge in [0.1, 0.15) is 5.41 Å². The van der Waals surface area contributed by atoms with Crippen LogP contribution in [0.5, 0.6) is 0 Å². The Kier molecular flexibility index (Phi) is 4.39. The summed E-state index contributed by atoms with van der Waals surface area (Å²) >= 11 is 0. The molecule has 0 aromatic carbocycles. The number of hydrogen-bond donors (Lipinski definition) is 0. The fourth-order valence-electron chi connectivity index (χ4n) is 3.51. The maximum atomic E-state index is 12.7. The lowest BCUT2D eigenvalue weighted by molar-refractivity contribution is -0.140. The van der Waals surface area contributed by atoms with Gasteiger partial charge in [0.05, 0.1) is 6.07 Å². The summed E-state index contributed by atoms with van der Waals surface area (Å²) in [6.07, 6.45) is 7.10. The van der Waals surface area contributed by atoms with E-state index in [1.54, 1.807) is 0 Å². The number of rotatable bonds is 3. The fraction of sp³-hybridized carbons (Fsp3) is 0.588.